The molecule has 4 heteroatoms. The Morgan fingerprint density at radius 1 is 1.00 bits per heavy atom. The van der Waals surface area contributed by atoms with Crippen LogP contribution in [0.25, 0.3) is 0 Å². The summed E-state index contributed by atoms with van der Waals surface area (Å²) < 4.78 is 0. The minimum absolute atomic E-state index is 0.0379. The van der Waals surface area contributed by atoms with Crippen molar-refractivity contribution in [3.8, 4) is 0 Å². The largest absolute Gasteiger partial charge is 0.286 e. The first kappa shape index (κ1) is 17.5. The van der Waals surface area contributed by atoms with Gasteiger partial charge in [0.1, 0.15) is 0 Å². The van der Waals surface area contributed by atoms with Gasteiger partial charge in [-0.05, 0) is 18.3 Å². The van der Waals surface area contributed by atoms with Gasteiger partial charge in [-0.15, -0.1) is 0 Å². The van der Waals surface area contributed by atoms with E-state index in [1.165, 1.54) is 43.9 Å². The number of hydrogen-bond acceptors (Lipinski definition) is 3. The minimum Gasteiger partial charge on any atom is -0.286 e. The van der Waals surface area contributed by atoms with Gasteiger partial charge in [0.25, 0.3) is 5.24 Å². The smallest absolute Gasteiger partial charge is 0.286 e. The van der Waals surface area contributed by atoms with E-state index in [4.69, 9.17) is 0 Å². The molecule has 20 heavy (non-hydrogen) atoms. The molecule has 1 rings (SSSR count). The number of carbonyl (C=O) groups is 2. The average molecular weight is 299 g/mol. The Morgan fingerprint density at radius 3 is 2.05 bits per heavy atom. The van der Waals surface area contributed by atoms with Gasteiger partial charge in [-0.3, -0.25) is 14.9 Å². The zero-order valence-electron chi connectivity index (χ0n) is 13.2. The number of imide groups is 1. The van der Waals surface area contributed by atoms with E-state index in [1.807, 2.05) is 0 Å². The van der Waals surface area contributed by atoms with Gasteiger partial charge in [-0.25, -0.2) is 0 Å². The van der Waals surface area contributed by atoms with Crippen molar-refractivity contribution >= 4 is 22.9 Å². The highest BCUT2D eigenvalue weighted by Crippen LogP contribution is 2.43. The highest BCUT2D eigenvalue weighted by Gasteiger charge is 2.44. The Hall–Kier alpha value is -0.510. The van der Waals surface area contributed by atoms with Crippen LogP contribution in [0.5, 0.6) is 0 Å². The first-order valence-electron chi connectivity index (χ1n) is 8.05. The summed E-state index contributed by atoms with van der Waals surface area (Å²) in [6.45, 7) is 6.60. The van der Waals surface area contributed by atoms with Crippen molar-refractivity contribution in [3.05, 3.63) is 0 Å². The highest BCUT2D eigenvalue weighted by atomic mass is 32.2. The molecule has 0 radical (unpaired) electrons. The van der Waals surface area contributed by atoms with Crippen LogP contribution in [0, 0.1) is 5.41 Å². The summed E-state index contributed by atoms with van der Waals surface area (Å²) in [5.41, 5.74) is -0.0379. The SMILES string of the molecule is CCCCCCC(C)(CCCCC)C1SC(=O)NC1=O. The number of carbonyl (C=O) groups excluding carboxylic acids is 2. The maximum absolute atomic E-state index is 12.0. The van der Waals surface area contributed by atoms with Gasteiger partial charge in [0.05, 0.1) is 5.25 Å². The molecule has 0 saturated carbocycles. The van der Waals surface area contributed by atoms with Crippen LogP contribution in [0.2, 0.25) is 0 Å². The molecule has 0 aromatic rings. The third-order valence-electron chi connectivity index (χ3n) is 4.27. The van der Waals surface area contributed by atoms with Crippen LogP contribution in [-0.4, -0.2) is 16.4 Å². The van der Waals surface area contributed by atoms with Gasteiger partial charge in [-0.1, -0.05) is 77.5 Å². The van der Waals surface area contributed by atoms with Crippen molar-refractivity contribution in [1.82, 2.24) is 5.32 Å². The Morgan fingerprint density at radius 2 is 1.55 bits per heavy atom. The molecule has 2 atom stereocenters. The lowest BCUT2D eigenvalue weighted by Crippen LogP contribution is -2.37. The first-order chi connectivity index (χ1) is 9.53. The van der Waals surface area contributed by atoms with E-state index in [-0.39, 0.29) is 21.8 Å². The molecule has 0 aromatic carbocycles. The van der Waals surface area contributed by atoms with Crippen LogP contribution in [-0.2, 0) is 4.79 Å². The zero-order valence-corrected chi connectivity index (χ0v) is 14.0. The maximum Gasteiger partial charge on any atom is 0.286 e. The highest BCUT2D eigenvalue weighted by molar-refractivity contribution is 8.15. The molecule has 116 valence electrons. The lowest BCUT2D eigenvalue weighted by molar-refractivity contribution is -0.121. The second-order valence-electron chi connectivity index (χ2n) is 6.20. The minimum atomic E-state index is -0.187. The number of unbranched alkanes of at least 4 members (excludes halogenated alkanes) is 5. The fourth-order valence-corrected chi connectivity index (χ4v) is 4.00. The standard InChI is InChI=1S/C16H29NO2S/c1-4-6-8-10-12-16(3,11-9-7-5-2)13-14(18)17-15(19)20-13/h13H,4-12H2,1-3H3,(H,17,18,19). The summed E-state index contributed by atoms with van der Waals surface area (Å²) in [5.74, 6) is -0.0745. The molecule has 1 saturated heterocycles. The molecular weight excluding hydrogens is 270 g/mol. The molecule has 1 aliphatic rings. The fraction of sp³-hybridized carbons (Fsp3) is 0.875. The molecule has 1 aliphatic heterocycles. The van der Waals surface area contributed by atoms with Gasteiger partial charge in [-0.2, -0.15) is 0 Å². The van der Waals surface area contributed by atoms with Crippen LogP contribution in [0.1, 0.15) is 78.6 Å². The van der Waals surface area contributed by atoms with Gasteiger partial charge in [0.15, 0.2) is 0 Å². The Bertz CT molecular complexity index is 332. The average Bonchev–Trinajstić information content (AvgIpc) is 2.75. The molecule has 0 spiro atoms. The molecule has 1 N–H and O–H groups in total. The maximum atomic E-state index is 12.0. The Kier molecular flexibility index (Phi) is 7.63. The van der Waals surface area contributed by atoms with Crippen molar-refractivity contribution in [2.75, 3.05) is 0 Å². The normalized spacial score (nSPS) is 21.9. The van der Waals surface area contributed by atoms with Crippen molar-refractivity contribution in [2.24, 2.45) is 5.41 Å². The third kappa shape index (κ3) is 5.12. The van der Waals surface area contributed by atoms with E-state index >= 15 is 0 Å². The quantitative estimate of drug-likeness (QED) is 0.584. The molecule has 2 unspecified atom stereocenters. The lowest BCUT2D eigenvalue weighted by atomic mass is 9.76. The molecule has 0 aromatic heterocycles. The third-order valence-corrected chi connectivity index (χ3v) is 5.61. The monoisotopic (exact) mass is 299 g/mol. The first-order valence-corrected chi connectivity index (χ1v) is 8.93. The predicted molar refractivity (Wildman–Crippen MR) is 85.9 cm³/mol. The number of thioether (sulfide) groups is 1. The predicted octanol–water partition coefficient (Wildman–Crippen LogP) is 4.90. The summed E-state index contributed by atoms with van der Waals surface area (Å²) in [6, 6.07) is 0. The zero-order chi connectivity index (χ0) is 15.0. The molecule has 1 fully saturated rings. The van der Waals surface area contributed by atoms with Crippen LogP contribution in [0.4, 0.5) is 4.79 Å². The second kappa shape index (κ2) is 8.71. The number of rotatable bonds is 10. The summed E-state index contributed by atoms with van der Waals surface area (Å²) in [7, 11) is 0. The van der Waals surface area contributed by atoms with Crippen molar-refractivity contribution in [2.45, 2.75) is 83.8 Å². The van der Waals surface area contributed by atoms with Gasteiger partial charge < -0.3 is 0 Å². The van der Waals surface area contributed by atoms with Gasteiger partial charge in [0, 0.05) is 0 Å². The number of amides is 2. The summed E-state index contributed by atoms with van der Waals surface area (Å²) in [6.07, 6.45) is 10.5. The van der Waals surface area contributed by atoms with E-state index in [9.17, 15) is 9.59 Å². The Balaban J connectivity index is 2.62. The van der Waals surface area contributed by atoms with Gasteiger partial charge >= 0.3 is 0 Å². The van der Waals surface area contributed by atoms with E-state index in [0.29, 0.717) is 0 Å². The van der Waals surface area contributed by atoms with Crippen LogP contribution >= 0.6 is 11.8 Å². The summed E-state index contributed by atoms with van der Waals surface area (Å²) in [4.78, 5) is 23.4. The van der Waals surface area contributed by atoms with Crippen LogP contribution in [0.3, 0.4) is 0 Å². The van der Waals surface area contributed by atoms with Crippen molar-refractivity contribution < 1.29 is 9.59 Å². The van der Waals surface area contributed by atoms with Gasteiger partial charge in [0.2, 0.25) is 5.91 Å². The molecule has 1 heterocycles. The number of nitrogens with one attached hydrogen (secondary N) is 1. The van der Waals surface area contributed by atoms with Crippen LogP contribution in [0.15, 0.2) is 0 Å². The summed E-state index contributed by atoms with van der Waals surface area (Å²) in [5, 5.41) is 2.09. The molecule has 3 nitrogen and oxygen atoms in total. The molecular formula is C16H29NO2S. The Labute approximate surface area is 127 Å². The van der Waals surface area contributed by atoms with E-state index in [2.05, 4.69) is 26.1 Å². The van der Waals surface area contributed by atoms with Crippen molar-refractivity contribution in [3.63, 3.8) is 0 Å². The molecule has 0 aliphatic carbocycles. The van der Waals surface area contributed by atoms with E-state index < -0.39 is 0 Å². The molecule has 2 amide bonds. The van der Waals surface area contributed by atoms with Crippen molar-refractivity contribution in [1.29, 1.82) is 0 Å². The fourth-order valence-electron chi connectivity index (χ4n) is 2.94. The lowest BCUT2D eigenvalue weighted by Gasteiger charge is -2.33. The molecule has 0 bridgehead atoms. The van der Waals surface area contributed by atoms with E-state index in [1.54, 1.807) is 0 Å². The number of hydrogen-bond donors (Lipinski definition) is 1. The summed E-state index contributed by atoms with van der Waals surface area (Å²) >= 11 is 1.20. The topological polar surface area (TPSA) is 46.2 Å². The second-order valence-corrected chi connectivity index (χ2v) is 7.27. The van der Waals surface area contributed by atoms with Crippen LogP contribution < -0.4 is 5.32 Å². The van der Waals surface area contributed by atoms with E-state index in [0.717, 1.165) is 25.7 Å².